The highest BCUT2D eigenvalue weighted by Gasteiger charge is 2.44. The molecule has 1 saturated carbocycles. The molecule has 2 fully saturated rings. The van der Waals surface area contributed by atoms with Crippen LogP contribution >= 0.6 is 11.3 Å². The Morgan fingerprint density at radius 2 is 2.00 bits per heavy atom. The molecule has 0 N–H and O–H groups in total. The zero-order valence-electron chi connectivity index (χ0n) is 15.8. The second-order valence-electron chi connectivity index (χ2n) is 8.05. The first-order valence-corrected chi connectivity index (χ1v) is 10.6. The van der Waals surface area contributed by atoms with Crippen LogP contribution in [0.4, 0.5) is 0 Å². The zero-order valence-corrected chi connectivity index (χ0v) is 16.6. The van der Waals surface area contributed by atoms with Crippen LogP contribution in [0.25, 0.3) is 0 Å². The number of likely N-dealkylation sites (tertiary alicyclic amines) is 1. The maximum absolute atomic E-state index is 13.3. The largest absolute Gasteiger partial charge is 0.337 e. The molecule has 4 nitrogen and oxygen atoms in total. The highest BCUT2D eigenvalue weighted by Crippen LogP contribution is 2.44. The normalized spacial score (nSPS) is 29.4. The summed E-state index contributed by atoms with van der Waals surface area (Å²) >= 11 is 1.75. The molecule has 136 valence electrons. The molecular formula is C20H29N3OS. The number of thiophene rings is 1. The lowest BCUT2D eigenvalue weighted by atomic mass is 9.93. The van der Waals surface area contributed by atoms with Gasteiger partial charge in [0.1, 0.15) is 0 Å². The standard InChI is InChI=1S/C20H29N3OS/c1-5-15-6-8-22(9-7-15)20(24)19-16-11-25-14(4)18(16)13(3)23(21-19)17-10-12(17)2/h11-13,15,17H,5-10H2,1-4H3. The molecule has 0 radical (unpaired) electrons. The molecule has 1 saturated heterocycles. The molecule has 3 unspecified atom stereocenters. The number of carbonyl (C=O) groups is 1. The van der Waals surface area contributed by atoms with Crippen LogP contribution < -0.4 is 0 Å². The van der Waals surface area contributed by atoms with Crippen molar-refractivity contribution in [1.82, 2.24) is 9.91 Å². The zero-order chi connectivity index (χ0) is 17.7. The average molecular weight is 360 g/mol. The summed E-state index contributed by atoms with van der Waals surface area (Å²) in [6.07, 6.45) is 4.67. The molecule has 3 aliphatic rings. The Labute approximate surface area is 154 Å². The predicted octanol–water partition coefficient (Wildman–Crippen LogP) is 4.19. The Hall–Kier alpha value is -1.36. The first kappa shape index (κ1) is 17.1. The minimum atomic E-state index is 0.138. The first-order valence-electron chi connectivity index (χ1n) is 9.75. The summed E-state index contributed by atoms with van der Waals surface area (Å²) in [5, 5.41) is 9.27. The van der Waals surface area contributed by atoms with Gasteiger partial charge in [-0.05, 0) is 50.5 Å². The third-order valence-electron chi connectivity index (χ3n) is 6.40. The topological polar surface area (TPSA) is 35.9 Å². The number of nitrogens with zero attached hydrogens (tertiary/aromatic N) is 3. The second-order valence-corrected chi connectivity index (χ2v) is 9.13. The summed E-state index contributed by atoms with van der Waals surface area (Å²) in [5.41, 5.74) is 3.10. The van der Waals surface area contributed by atoms with E-state index in [1.165, 1.54) is 23.3 Å². The van der Waals surface area contributed by atoms with E-state index in [1.54, 1.807) is 11.3 Å². The Kier molecular flexibility index (Phi) is 4.38. The van der Waals surface area contributed by atoms with Gasteiger partial charge in [-0.1, -0.05) is 20.3 Å². The second kappa shape index (κ2) is 6.42. The molecule has 5 heteroatoms. The van der Waals surface area contributed by atoms with Gasteiger partial charge in [-0.2, -0.15) is 5.10 Å². The highest BCUT2D eigenvalue weighted by atomic mass is 32.1. The lowest BCUT2D eigenvalue weighted by molar-refractivity contribution is -0.125. The third-order valence-corrected chi connectivity index (χ3v) is 7.32. The van der Waals surface area contributed by atoms with Crippen molar-refractivity contribution in [3.05, 3.63) is 21.4 Å². The van der Waals surface area contributed by atoms with Gasteiger partial charge in [0.15, 0.2) is 5.71 Å². The maximum Gasteiger partial charge on any atom is 0.274 e. The van der Waals surface area contributed by atoms with Gasteiger partial charge in [-0.25, -0.2) is 0 Å². The maximum atomic E-state index is 13.3. The molecule has 0 bridgehead atoms. The van der Waals surface area contributed by atoms with Gasteiger partial charge in [-0.3, -0.25) is 9.80 Å². The van der Waals surface area contributed by atoms with E-state index < -0.39 is 0 Å². The number of hydrogen-bond acceptors (Lipinski definition) is 4. The van der Waals surface area contributed by atoms with Crippen LogP contribution in [-0.2, 0) is 4.79 Å². The molecule has 4 rings (SSSR count). The SMILES string of the molecule is CCC1CCN(C(=O)C2=NN(C3CC3C)C(C)c3c2csc3C)CC1. The Balaban J connectivity index is 1.63. The van der Waals surface area contributed by atoms with Crippen molar-refractivity contribution in [2.45, 2.75) is 65.5 Å². The van der Waals surface area contributed by atoms with Crippen LogP contribution in [0.1, 0.15) is 68.5 Å². The van der Waals surface area contributed by atoms with Gasteiger partial charge < -0.3 is 4.90 Å². The van der Waals surface area contributed by atoms with Crippen molar-refractivity contribution in [3.63, 3.8) is 0 Å². The smallest absolute Gasteiger partial charge is 0.274 e. The summed E-state index contributed by atoms with van der Waals surface area (Å²) in [6, 6.07) is 0.773. The van der Waals surface area contributed by atoms with Crippen LogP contribution in [-0.4, -0.2) is 40.7 Å². The van der Waals surface area contributed by atoms with Crippen molar-refractivity contribution in [1.29, 1.82) is 0 Å². The molecule has 1 amide bonds. The van der Waals surface area contributed by atoms with Gasteiger partial charge in [-0.15, -0.1) is 11.3 Å². The van der Waals surface area contributed by atoms with Crippen LogP contribution in [0.15, 0.2) is 10.5 Å². The van der Waals surface area contributed by atoms with Gasteiger partial charge in [0, 0.05) is 28.9 Å². The fourth-order valence-corrected chi connectivity index (χ4v) is 5.38. The van der Waals surface area contributed by atoms with Crippen molar-refractivity contribution < 1.29 is 4.79 Å². The van der Waals surface area contributed by atoms with E-state index in [9.17, 15) is 4.79 Å². The molecule has 1 aromatic rings. The van der Waals surface area contributed by atoms with Gasteiger partial charge in [0.05, 0.1) is 12.1 Å². The number of fused-ring (bicyclic) bond motifs is 1. The number of aryl methyl sites for hydroxylation is 1. The Morgan fingerprint density at radius 3 is 2.60 bits per heavy atom. The summed E-state index contributed by atoms with van der Waals surface area (Å²) in [6.45, 7) is 10.7. The summed E-state index contributed by atoms with van der Waals surface area (Å²) in [7, 11) is 0. The molecule has 0 aromatic carbocycles. The number of hydrazone groups is 1. The van der Waals surface area contributed by atoms with Crippen LogP contribution in [0.5, 0.6) is 0 Å². The van der Waals surface area contributed by atoms with E-state index in [-0.39, 0.29) is 11.9 Å². The Bertz CT molecular complexity index is 702. The average Bonchev–Trinajstić information content (AvgIpc) is 3.22. The van der Waals surface area contributed by atoms with Crippen LogP contribution in [0.3, 0.4) is 0 Å². The van der Waals surface area contributed by atoms with Gasteiger partial charge in [0.25, 0.3) is 5.91 Å². The minimum absolute atomic E-state index is 0.138. The number of hydrogen-bond donors (Lipinski definition) is 0. The van der Waals surface area contributed by atoms with E-state index in [2.05, 4.69) is 38.1 Å². The number of amides is 1. The van der Waals surface area contributed by atoms with Crippen LogP contribution in [0.2, 0.25) is 0 Å². The monoisotopic (exact) mass is 359 g/mol. The Morgan fingerprint density at radius 1 is 1.32 bits per heavy atom. The highest BCUT2D eigenvalue weighted by molar-refractivity contribution is 7.10. The molecule has 2 aliphatic heterocycles. The van der Waals surface area contributed by atoms with E-state index in [0.29, 0.717) is 17.7 Å². The number of piperidine rings is 1. The molecule has 3 atom stereocenters. The summed E-state index contributed by atoms with van der Waals surface area (Å²) < 4.78 is 0. The molecule has 3 heterocycles. The molecule has 1 aliphatic carbocycles. The van der Waals surface area contributed by atoms with E-state index in [4.69, 9.17) is 5.10 Å². The first-order chi connectivity index (χ1) is 12.0. The molecule has 1 aromatic heterocycles. The number of rotatable bonds is 3. The molecule has 25 heavy (non-hydrogen) atoms. The third kappa shape index (κ3) is 2.90. The number of carbonyl (C=O) groups excluding carboxylic acids is 1. The fourth-order valence-electron chi connectivity index (χ4n) is 4.44. The fraction of sp³-hybridized carbons (Fsp3) is 0.700. The minimum Gasteiger partial charge on any atom is -0.337 e. The van der Waals surface area contributed by atoms with Crippen molar-refractivity contribution in [2.24, 2.45) is 16.9 Å². The van der Waals surface area contributed by atoms with Crippen molar-refractivity contribution in [2.75, 3.05) is 13.1 Å². The van der Waals surface area contributed by atoms with Crippen molar-refractivity contribution >= 4 is 23.0 Å². The quantitative estimate of drug-likeness (QED) is 0.811. The summed E-state index contributed by atoms with van der Waals surface area (Å²) in [5.74, 6) is 1.60. The van der Waals surface area contributed by atoms with Crippen LogP contribution in [0, 0.1) is 18.8 Å². The van der Waals surface area contributed by atoms with E-state index in [0.717, 1.165) is 37.4 Å². The molecule has 0 spiro atoms. The van der Waals surface area contributed by atoms with Gasteiger partial charge >= 0.3 is 0 Å². The van der Waals surface area contributed by atoms with Crippen molar-refractivity contribution in [3.8, 4) is 0 Å². The van der Waals surface area contributed by atoms with E-state index in [1.807, 2.05) is 4.90 Å². The lowest BCUT2D eigenvalue weighted by Gasteiger charge is -2.36. The summed E-state index contributed by atoms with van der Waals surface area (Å²) in [4.78, 5) is 16.6. The van der Waals surface area contributed by atoms with Gasteiger partial charge in [0.2, 0.25) is 0 Å². The predicted molar refractivity (Wildman–Crippen MR) is 103 cm³/mol. The lowest BCUT2D eigenvalue weighted by Crippen LogP contribution is -2.45. The van der Waals surface area contributed by atoms with E-state index >= 15 is 0 Å². The molecular weight excluding hydrogens is 330 g/mol.